The van der Waals surface area contributed by atoms with E-state index in [0.717, 1.165) is 36.5 Å². The maximum absolute atomic E-state index is 6.00. The van der Waals surface area contributed by atoms with Gasteiger partial charge in [-0.2, -0.15) is 0 Å². The summed E-state index contributed by atoms with van der Waals surface area (Å²) < 4.78 is 11.3. The van der Waals surface area contributed by atoms with E-state index in [1.54, 1.807) is 7.11 Å². The number of fused-ring (bicyclic) bond motifs is 1. The normalized spacial score (nSPS) is 11.4. The molecule has 0 radical (unpaired) electrons. The van der Waals surface area contributed by atoms with Crippen molar-refractivity contribution in [3.63, 3.8) is 0 Å². The average Bonchev–Trinajstić information content (AvgIpc) is 2.74. The topological polar surface area (TPSA) is 34.4 Å². The van der Waals surface area contributed by atoms with Gasteiger partial charge in [0.25, 0.3) is 0 Å². The molecule has 0 bridgehead atoms. The highest BCUT2D eigenvalue weighted by molar-refractivity contribution is 5.83. The molecule has 1 aromatic carbocycles. The van der Waals surface area contributed by atoms with Crippen molar-refractivity contribution in [1.82, 2.24) is 5.32 Å². The molecule has 0 unspecified atom stereocenters. The van der Waals surface area contributed by atoms with E-state index in [1.165, 1.54) is 10.9 Å². The van der Waals surface area contributed by atoms with Gasteiger partial charge in [-0.1, -0.05) is 27.2 Å². The van der Waals surface area contributed by atoms with Crippen molar-refractivity contribution in [1.29, 1.82) is 0 Å². The summed E-state index contributed by atoms with van der Waals surface area (Å²) in [5.41, 5.74) is 2.25. The molecule has 2 rings (SSSR count). The number of aryl methyl sites for hydroxylation is 1. The van der Waals surface area contributed by atoms with Crippen molar-refractivity contribution in [2.75, 3.05) is 7.11 Å². The Kier molecular flexibility index (Phi) is 4.48. The van der Waals surface area contributed by atoms with Gasteiger partial charge >= 0.3 is 0 Å². The fourth-order valence-corrected chi connectivity index (χ4v) is 2.27. The van der Waals surface area contributed by atoms with Crippen LogP contribution in [0.5, 0.6) is 5.75 Å². The Labute approximate surface area is 114 Å². The molecule has 0 saturated carbocycles. The van der Waals surface area contributed by atoms with Crippen LogP contribution in [0, 0.1) is 0 Å². The monoisotopic (exact) mass is 261 g/mol. The van der Waals surface area contributed by atoms with Crippen LogP contribution in [-0.4, -0.2) is 13.2 Å². The van der Waals surface area contributed by atoms with Crippen molar-refractivity contribution in [3.8, 4) is 5.75 Å². The van der Waals surface area contributed by atoms with Crippen LogP contribution in [0.1, 0.15) is 38.5 Å². The predicted molar refractivity (Wildman–Crippen MR) is 78.7 cm³/mol. The molecule has 0 aliphatic rings. The number of benzene rings is 1. The Hall–Kier alpha value is -1.48. The van der Waals surface area contributed by atoms with Crippen molar-refractivity contribution >= 4 is 11.0 Å². The third-order valence-corrected chi connectivity index (χ3v) is 3.25. The zero-order chi connectivity index (χ0) is 13.8. The van der Waals surface area contributed by atoms with Crippen LogP contribution >= 0.6 is 0 Å². The van der Waals surface area contributed by atoms with E-state index in [4.69, 9.17) is 9.15 Å². The van der Waals surface area contributed by atoms with E-state index in [-0.39, 0.29) is 0 Å². The standard InChI is InChI=1S/C16H23NO2/c1-5-6-13-14-8-7-12(18-4)9-15(14)19-16(13)10-17-11(2)3/h7-9,11,17H,5-6,10H2,1-4H3. The van der Waals surface area contributed by atoms with Gasteiger partial charge in [-0.15, -0.1) is 0 Å². The molecule has 2 aromatic rings. The summed E-state index contributed by atoms with van der Waals surface area (Å²) >= 11 is 0. The maximum atomic E-state index is 6.00. The first-order valence-electron chi connectivity index (χ1n) is 6.97. The summed E-state index contributed by atoms with van der Waals surface area (Å²) in [5, 5.41) is 4.64. The van der Waals surface area contributed by atoms with E-state index >= 15 is 0 Å². The summed E-state index contributed by atoms with van der Waals surface area (Å²) in [6, 6.07) is 6.52. The molecule has 3 heteroatoms. The number of hydrogen-bond donors (Lipinski definition) is 1. The lowest BCUT2D eigenvalue weighted by molar-refractivity contribution is 0.414. The largest absolute Gasteiger partial charge is 0.497 e. The van der Waals surface area contributed by atoms with Crippen molar-refractivity contribution in [2.24, 2.45) is 0 Å². The average molecular weight is 261 g/mol. The lowest BCUT2D eigenvalue weighted by Gasteiger charge is -2.07. The van der Waals surface area contributed by atoms with E-state index in [2.05, 4.69) is 32.2 Å². The van der Waals surface area contributed by atoms with Gasteiger partial charge in [0.05, 0.1) is 13.7 Å². The first kappa shape index (κ1) is 13.9. The molecule has 0 aliphatic heterocycles. The van der Waals surface area contributed by atoms with Crippen LogP contribution in [0.15, 0.2) is 22.6 Å². The summed E-state index contributed by atoms with van der Waals surface area (Å²) in [4.78, 5) is 0. The first-order valence-corrected chi connectivity index (χ1v) is 6.97. The van der Waals surface area contributed by atoms with Gasteiger partial charge in [-0.25, -0.2) is 0 Å². The van der Waals surface area contributed by atoms with Gasteiger partial charge in [0, 0.05) is 23.1 Å². The molecule has 0 saturated heterocycles. The van der Waals surface area contributed by atoms with Crippen LogP contribution in [-0.2, 0) is 13.0 Å². The molecular weight excluding hydrogens is 238 g/mol. The van der Waals surface area contributed by atoms with Crippen LogP contribution in [0.3, 0.4) is 0 Å². The number of ether oxygens (including phenoxy) is 1. The fourth-order valence-electron chi connectivity index (χ4n) is 2.27. The molecule has 0 spiro atoms. The molecule has 0 amide bonds. The SMILES string of the molecule is CCCc1c(CNC(C)C)oc2cc(OC)ccc12. The van der Waals surface area contributed by atoms with E-state index in [1.807, 2.05) is 12.1 Å². The summed E-state index contributed by atoms with van der Waals surface area (Å²) in [6.45, 7) is 7.27. The molecule has 1 N–H and O–H groups in total. The molecule has 0 fully saturated rings. The smallest absolute Gasteiger partial charge is 0.138 e. The van der Waals surface area contributed by atoms with Crippen LogP contribution in [0.25, 0.3) is 11.0 Å². The number of methoxy groups -OCH3 is 1. The van der Waals surface area contributed by atoms with Crippen molar-refractivity contribution in [3.05, 3.63) is 29.5 Å². The Morgan fingerprint density at radius 1 is 1.32 bits per heavy atom. The van der Waals surface area contributed by atoms with Gasteiger partial charge in [-0.05, 0) is 18.6 Å². The molecule has 104 valence electrons. The van der Waals surface area contributed by atoms with Gasteiger partial charge in [-0.3, -0.25) is 0 Å². The van der Waals surface area contributed by atoms with Crippen LogP contribution in [0.2, 0.25) is 0 Å². The Morgan fingerprint density at radius 3 is 2.74 bits per heavy atom. The first-order chi connectivity index (χ1) is 9.15. The van der Waals surface area contributed by atoms with Crippen LogP contribution < -0.4 is 10.1 Å². The number of rotatable bonds is 6. The molecule has 1 heterocycles. The van der Waals surface area contributed by atoms with E-state index in [9.17, 15) is 0 Å². The predicted octanol–water partition coefficient (Wildman–Crippen LogP) is 3.89. The zero-order valence-electron chi connectivity index (χ0n) is 12.2. The molecule has 3 nitrogen and oxygen atoms in total. The lowest BCUT2D eigenvalue weighted by Crippen LogP contribution is -2.22. The second-order valence-corrected chi connectivity index (χ2v) is 5.15. The third-order valence-electron chi connectivity index (χ3n) is 3.25. The minimum absolute atomic E-state index is 0.456. The van der Waals surface area contributed by atoms with E-state index < -0.39 is 0 Å². The Bertz CT molecular complexity index is 543. The van der Waals surface area contributed by atoms with Crippen molar-refractivity contribution in [2.45, 2.75) is 46.2 Å². The summed E-state index contributed by atoms with van der Waals surface area (Å²) in [5.74, 6) is 1.89. The maximum Gasteiger partial charge on any atom is 0.138 e. The highest BCUT2D eigenvalue weighted by Gasteiger charge is 2.14. The quantitative estimate of drug-likeness (QED) is 0.856. The third kappa shape index (κ3) is 3.10. The molecular formula is C16H23NO2. The molecule has 1 aromatic heterocycles. The lowest BCUT2D eigenvalue weighted by atomic mass is 10.1. The molecule has 19 heavy (non-hydrogen) atoms. The number of nitrogens with one attached hydrogen (secondary N) is 1. The molecule has 0 aliphatic carbocycles. The van der Waals surface area contributed by atoms with Crippen LogP contribution in [0.4, 0.5) is 0 Å². The highest BCUT2D eigenvalue weighted by atomic mass is 16.5. The highest BCUT2D eigenvalue weighted by Crippen LogP contribution is 2.30. The number of hydrogen-bond acceptors (Lipinski definition) is 3. The van der Waals surface area contributed by atoms with Gasteiger partial charge in [0.1, 0.15) is 17.1 Å². The fraction of sp³-hybridized carbons (Fsp3) is 0.500. The summed E-state index contributed by atoms with van der Waals surface area (Å²) in [6.07, 6.45) is 2.17. The Morgan fingerprint density at radius 2 is 2.11 bits per heavy atom. The second-order valence-electron chi connectivity index (χ2n) is 5.15. The second kappa shape index (κ2) is 6.11. The van der Waals surface area contributed by atoms with Crippen molar-refractivity contribution < 1.29 is 9.15 Å². The Balaban J connectivity index is 2.40. The van der Waals surface area contributed by atoms with E-state index in [0.29, 0.717) is 6.04 Å². The zero-order valence-corrected chi connectivity index (χ0v) is 12.2. The minimum Gasteiger partial charge on any atom is -0.497 e. The van der Waals surface area contributed by atoms with Gasteiger partial charge < -0.3 is 14.5 Å². The van der Waals surface area contributed by atoms with Gasteiger partial charge in [0.2, 0.25) is 0 Å². The number of furan rings is 1. The molecule has 0 atom stereocenters. The van der Waals surface area contributed by atoms with Gasteiger partial charge in [0.15, 0.2) is 0 Å². The minimum atomic E-state index is 0.456. The summed E-state index contributed by atoms with van der Waals surface area (Å²) in [7, 11) is 1.68.